The molecule has 2 heterocycles. The van der Waals surface area contributed by atoms with E-state index in [-0.39, 0.29) is 11.8 Å². The average molecular weight is 354 g/mol. The molecule has 5 nitrogen and oxygen atoms in total. The predicted octanol–water partition coefficient (Wildman–Crippen LogP) is 3.47. The number of carbonyl (C=O) groups is 1. The molecule has 5 heteroatoms. The summed E-state index contributed by atoms with van der Waals surface area (Å²) in [5.74, 6) is 1.62. The molecule has 0 N–H and O–H groups in total. The molecule has 1 amide bonds. The Kier molecular flexibility index (Phi) is 6.10. The third-order valence-corrected chi connectivity index (χ3v) is 4.75. The first-order valence-electron chi connectivity index (χ1n) is 9.18. The van der Waals surface area contributed by atoms with Crippen LogP contribution in [0.5, 0.6) is 11.5 Å². The number of amides is 1. The predicted molar refractivity (Wildman–Crippen MR) is 100 cm³/mol. The Morgan fingerprint density at radius 1 is 1.31 bits per heavy atom. The van der Waals surface area contributed by atoms with Crippen LogP contribution in [0.4, 0.5) is 0 Å². The van der Waals surface area contributed by atoms with Gasteiger partial charge in [0.1, 0.15) is 18.1 Å². The van der Waals surface area contributed by atoms with E-state index in [9.17, 15) is 4.79 Å². The number of methoxy groups -OCH3 is 1. The zero-order chi connectivity index (χ0) is 18.4. The summed E-state index contributed by atoms with van der Waals surface area (Å²) in [4.78, 5) is 19.2. The van der Waals surface area contributed by atoms with E-state index in [2.05, 4.69) is 11.9 Å². The van der Waals surface area contributed by atoms with Crippen molar-refractivity contribution in [3.8, 4) is 11.5 Å². The van der Waals surface area contributed by atoms with Gasteiger partial charge in [0.15, 0.2) is 0 Å². The summed E-state index contributed by atoms with van der Waals surface area (Å²) in [6.45, 7) is 3.94. The van der Waals surface area contributed by atoms with E-state index in [0.717, 1.165) is 42.0 Å². The average Bonchev–Trinajstić information content (AvgIpc) is 2.70. The summed E-state index contributed by atoms with van der Waals surface area (Å²) < 4.78 is 11.1. The molecule has 0 unspecified atom stereocenters. The van der Waals surface area contributed by atoms with Crippen LogP contribution in [0.2, 0.25) is 0 Å². The molecule has 2 aromatic rings. The molecular formula is C21H26N2O3. The molecule has 1 atom stereocenters. The summed E-state index contributed by atoms with van der Waals surface area (Å²) in [5.41, 5.74) is 2.17. The van der Waals surface area contributed by atoms with Crippen LogP contribution in [0, 0.1) is 5.92 Å². The normalized spacial score (nSPS) is 15.7. The zero-order valence-electron chi connectivity index (χ0n) is 15.5. The number of ether oxygens (including phenoxy) is 2. The minimum absolute atomic E-state index is 0.144. The summed E-state index contributed by atoms with van der Waals surface area (Å²) in [6.07, 6.45) is 6.30. The van der Waals surface area contributed by atoms with E-state index in [1.165, 1.54) is 0 Å². The van der Waals surface area contributed by atoms with Crippen LogP contribution in [0.1, 0.15) is 30.9 Å². The van der Waals surface area contributed by atoms with Gasteiger partial charge in [-0.2, -0.15) is 0 Å². The molecule has 1 aliphatic rings. The summed E-state index contributed by atoms with van der Waals surface area (Å²) in [7, 11) is 1.64. The number of unbranched alkanes of at least 4 members (excludes halogenated alkanes) is 1. The van der Waals surface area contributed by atoms with Crippen molar-refractivity contribution in [3.63, 3.8) is 0 Å². The van der Waals surface area contributed by atoms with E-state index in [1.54, 1.807) is 19.5 Å². The second-order valence-electron chi connectivity index (χ2n) is 6.65. The molecular weight excluding hydrogens is 328 g/mol. The maximum absolute atomic E-state index is 13.1. The van der Waals surface area contributed by atoms with Gasteiger partial charge in [-0.25, -0.2) is 0 Å². The molecule has 0 bridgehead atoms. The van der Waals surface area contributed by atoms with Gasteiger partial charge in [-0.15, -0.1) is 0 Å². The van der Waals surface area contributed by atoms with Gasteiger partial charge in [-0.05, 0) is 42.2 Å². The quantitative estimate of drug-likeness (QED) is 0.764. The Balaban J connectivity index is 1.71. The first-order chi connectivity index (χ1) is 12.7. The van der Waals surface area contributed by atoms with E-state index in [1.807, 2.05) is 35.2 Å². The highest BCUT2D eigenvalue weighted by molar-refractivity contribution is 5.80. The van der Waals surface area contributed by atoms with Crippen molar-refractivity contribution >= 4 is 5.91 Å². The molecule has 1 aromatic carbocycles. The number of carbonyl (C=O) groups excluding carboxylic acids is 1. The Hall–Kier alpha value is -2.56. The lowest BCUT2D eigenvalue weighted by molar-refractivity contribution is -0.137. The van der Waals surface area contributed by atoms with Gasteiger partial charge >= 0.3 is 0 Å². The van der Waals surface area contributed by atoms with Crippen LogP contribution in [-0.2, 0) is 17.8 Å². The lowest BCUT2D eigenvalue weighted by Crippen LogP contribution is -2.41. The Labute approximate surface area is 155 Å². The van der Waals surface area contributed by atoms with Crippen molar-refractivity contribution in [1.82, 2.24) is 9.88 Å². The number of fused-ring (bicyclic) bond motifs is 1. The largest absolute Gasteiger partial charge is 0.497 e. The molecule has 0 spiro atoms. The number of hydrogen-bond donors (Lipinski definition) is 0. The number of benzene rings is 1. The molecule has 1 aliphatic heterocycles. The molecule has 26 heavy (non-hydrogen) atoms. The van der Waals surface area contributed by atoms with Crippen LogP contribution in [-0.4, -0.2) is 36.1 Å². The maximum Gasteiger partial charge on any atom is 0.229 e. The third kappa shape index (κ3) is 4.34. The van der Waals surface area contributed by atoms with Gasteiger partial charge in [0.25, 0.3) is 0 Å². The summed E-state index contributed by atoms with van der Waals surface area (Å²) >= 11 is 0. The monoisotopic (exact) mass is 354 g/mol. The summed E-state index contributed by atoms with van der Waals surface area (Å²) in [6, 6.07) is 9.73. The van der Waals surface area contributed by atoms with E-state index in [4.69, 9.17) is 9.47 Å². The Morgan fingerprint density at radius 3 is 2.85 bits per heavy atom. The number of aromatic nitrogens is 1. The van der Waals surface area contributed by atoms with Gasteiger partial charge in [0.2, 0.25) is 5.91 Å². The van der Waals surface area contributed by atoms with Crippen molar-refractivity contribution in [3.05, 3.63) is 53.9 Å². The topological polar surface area (TPSA) is 51.7 Å². The van der Waals surface area contributed by atoms with Crippen LogP contribution in [0.25, 0.3) is 0 Å². The van der Waals surface area contributed by atoms with Crippen molar-refractivity contribution < 1.29 is 14.3 Å². The van der Waals surface area contributed by atoms with Gasteiger partial charge in [0.05, 0.1) is 13.0 Å². The SMILES string of the molecule is CCCCN(Cc1ccncc1)C(=O)[C@@H]1COc2cc(OC)ccc2C1. The first kappa shape index (κ1) is 18.2. The molecule has 1 aromatic heterocycles. The van der Waals surface area contributed by atoms with Crippen LogP contribution >= 0.6 is 0 Å². The molecule has 3 rings (SSSR count). The molecule has 0 aliphatic carbocycles. The van der Waals surface area contributed by atoms with Crippen molar-refractivity contribution in [2.24, 2.45) is 5.92 Å². The van der Waals surface area contributed by atoms with Gasteiger partial charge < -0.3 is 14.4 Å². The molecule has 0 saturated heterocycles. The standard InChI is InChI=1S/C21H26N2O3/c1-3-4-11-23(14-16-7-9-22-10-8-16)21(24)18-12-17-5-6-19(25-2)13-20(17)26-15-18/h5-10,13,18H,3-4,11-12,14-15H2,1-2H3/t18-/m0/s1. The summed E-state index contributed by atoms with van der Waals surface area (Å²) in [5, 5.41) is 0. The third-order valence-electron chi connectivity index (χ3n) is 4.75. The minimum atomic E-state index is -0.144. The highest BCUT2D eigenvalue weighted by Crippen LogP contribution is 2.31. The van der Waals surface area contributed by atoms with E-state index >= 15 is 0 Å². The number of nitrogens with zero attached hydrogens (tertiary/aromatic N) is 2. The molecule has 0 saturated carbocycles. The lowest BCUT2D eigenvalue weighted by atomic mass is 9.95. The lowest BCUT2D eigenvalue weighted by Gasteiger charge is -2.30. The molecule has 0 fully saturated rings. The van der Waals surface area contributed by atoms with Gasteiger partial charge in [-0.1, -0.05) is 19.4 Å². The highest BCUT2D eigenvalue weighted by atomic mass is 16.5. The van der Waals surface area contributed by atoms with Crippen LogP contribution in [0.3, 0.4) is 0 Å². The Bertz CT molecular complexity index is 733. The minimum Gasteiger partial charge on any atom is -0.497 e. The van der Waals surface area contributed by atoms with Crippen LogP contribution in [0.15, 0.2) is 42.7 Å². The number of hydrogen-bond acceptors (Lipinski definition) is 4. The van der Waals surface area contributed by atoms with Crippen molar-refractivity contribution in [2.45, 2.75) is 32.7 Å². The van der Waals surface area contributed by atoms with E-state index < -0.39 is 0 Å². The number of rotatable bonds is 7. The van der Waals surface area contributed by atoms with Crippen molar-refractivity contribution in [1.29, 1.82) is 0 Å². The van der Waals surface area contributed by atoms with Gasteiger partial charge in [0, 0.05) is 31.5 Å². The number of pyridine rings is 1. The highest BCUT2D eigenvalue weighted by Gasteiger charge is 2.29. The Morgan fingerprint density at radius 2 is 2.12 bits per heavy atom. The molecule has 138 valence electrons. The van der Waals surface area contributed by atoms with Crippen LogP contribution < -0.4 is 9.47 Å². The smallest absolute Gasteiger partial charge is 0.229 e. The zero-order valence-corrected chi connectivity index (χ0v) is 15.5. The van der Waals surface area contributed by atoms with E-state index in [0.29, 0.717) is 19.6 Å². The fourth-order valence-corrected chi connectivity index (χ4v) is 3.22. The first-order valence-corrected chi connectivity index (χ1v) is 9.18. The van der Waals surface area contributed by atoms with Gasteiger partial charge in [-0.3, -0.25) is 9.78 Å². The second-order valence-corrected chi connectivity index (χ2v) is 6.65. The second kappa shape index (κ2) is 8.70. The maximum atomic E-state index is 13.1. The fraction of sp³-hybridized carbons (Fsp3) is 0.429. The fourth-order valence-electron chi connectivity index (χ4n) is 3.22. The molecule has 0 radical (unpaired) electrons. The van der Waals surface area contributed by atoms with Crippen molar-refractivity contribution in [2.75, 3.05) is 20.3 Å².